The van der Waals surface area contributed by atoms with Gasteiger partial charge in [-0.25, -0.2) is 4.79 Å². The fraction of sp³-hybridized carbons (Fsp3) is 0.150. The lowest BCUT2D eigenvalue weighted by Crippen LogP contribution is -2.09. The molecule has 2 aromatic carbocycles. The maximum Gasteiger partial charge on any atom is 0.345 e. The molecule has 0 saturated heterocycles. The molecule has 0 saturated carbocycles. The summed E-state index contributed by atoms with van der Waals surface area (Å²) < 4.78 is 10.7. The minimum absolute atomic E-state index is 0.391. The van der Waals surface area contributed by atoms with Crippen LogP contribution in [0.15, 0.2) is 60.7 Å². The van der Waals surface area contributed by atoms with E-state index in [1.165, 1.54) is 0 Å². The Bertz CT molecular complexity index is 837. The molecule has 0 bridgehead atoms. The fourth-order valence-electron chi connectivity index (χ4n) is 2.52. The van der Waals surface area contributed by atoms with Crippen LogP contribution in [0.5, 0.6) is 11.5 Å². The normalized spacial score (nSPS) is 10.4. The molecule has 0 spiro atoms. The molecule has 1 heterocycles. The smallest absolute Gasteiger partial charge is 0.345 e. The number of hydrogen-bond acceptors (Lipinski definition) is 3. The molecule has 0 aliphatic rings. The van der Waals surface area contributed by atoms with Crippen molar-refractivity contribution in [2.45, 2.75) is 13.3 Å². The summed E-state index contributed by atoms with van der Waals surface area (Å²) in [4.78, 5) is 16.0. The molecule has 1 aromatic heterocycles. The second-order valence-electron chi connectivity index (χ2n) is 5.37. The number of rotatable bonds is 5. The van der Waals surface area contributed by atoms with Crippen LogP contribution in [0.4, 0.5) is 0 Å². The molecular formula is C20H19NO3. The number of H-pyrrole nitrogens is 1. The molecule has 0 radical (unpaired) electrons. The highest BCUT2D eigenvalue weighted by Gasteiger charge is 2.18. The third-order valence-corrected chi connectivity index (χ3v) is 3.79. The maximum atomic E-state index is 12.7. The van der Waals surface area contributed by atoms with Crippen molar-refractivity contribution in [1.29, 1.82) is 0 Å². The Morgan fingerprint density at radius 3 is 2.46 bits per heavy atom. The van der Waals surface area contributed by atoms with Crippen LogP contribution in [0.3, 0.4) is 0 Å². The predicted octanol–water partition coefficient (Wildman–Crippen LogP) is 4.47. The molecule has 0 aliphatic heterocycles. The Kier molecular flexibility index (Phi) is 4.66. The van der Waals surface area contributed by atoms with Gasteiger partial charge in [0.2, 0.25) is 0 Å². The van der Waals surface area contributed by atoms with E-state index in [2.05, 4.69) is 4.98 Å². The van der Waals surface area contributed by atoms with Crippen molar-refractivity contribution in [3.05, 3.63) is 71.9 Å². The van der Waals surface area contributed by atoms with Gasteiger partial charge in [-0.2, -0.15) is 0 Å². The van der Waals surface area contributed by atoms with Crippen LogP contribution in [-0.2, 0) is 6.42 Å². The van der Waals surface area contributed by atoms with Crippen molar-refractivity contribution in [3.63, 3.8) is 0 Å². The quantitative estimate of drug-likeness (QED) is 0.557. The summed E-state index contributed by atoms with van der Waals surface area (Å²) in [7, 11) is 1.58. The van der Waals surface area contributed by atoms with Crippen molar-refractivity contribution in [2.24, 2.45) is 0 Å². The zero-order chi connectivity index (χ0) is 16.9. The molecule has 0 amide bonds. The SMILES string of the molecule is CCc1cc(C(=O)Oc2cccc(OC)c2)c(-c2ccccc2)[nH]1. The summed E-state index contributed by atoms with van der Waals surface area (Å²) in [6.45, 7) is 2.04. The average Bonchev–Trinajstić information content (AvgIpc) is 3.07. The minimum atomic E-state index is -0.391. The van der Waals surface area contributed by atoms with Crippen LogP contribution in [0.2, 0.25) is 0 Å². The first kappa shape index (κ1) is 15.9. The van der Waals surface area contributed by atoms with E-state index >= 15 is 0 Å². The Morgan fingerprint density at radius 2 is 1.75 bits per heavy atom. The number of aromatic amines is 1. The highest BCUT2D eigenvalue weighted by Crippen LogP contribution is 2.26. The van der Waals surface area contributed by atoms with Gasteiger partial charge in [-0.15, -0.1) is 0 Å². The maximum absolute atomic E-state index is 12.7. The van der Waals surface area contributed by atoms with Crippen molar-refractivity contribution in [1.82, 2.24) is 4.98 Å². The highest BCUT2D eigenvalue weighted by atomic mass is 16.5. The molecular weight excluding hydrogens is 302 g/mol. The lowest BCUT2D eigenvalue weighted by atomic mass is 10.1. The van der Waals surface area contributed by atoms with Crippen molar-refractivity contribution < 1.29 is 14.3 Å². The summed E-state index contributed by atoms with van der Waals surface area (Å²) in [5.74, 6) is 0.711. The summed E-state index contributed by atoms with van der Waals surface area (Å²) in [5, 5.41) is 0. The minimum Gasteiger partial charge on any atom is -0.497 e. The van der Waals surface area contributed by atoms with Crippen LogP contribution in [0.25, 0.3) is 11.3 Å². The number of benzene rings is 2. The largest absolute Gasteiger partial charge is 0.497 e. The molecule has 0 fully saturated rings. The number of hydrogen-bond donors (Lipinski definition) is 1. The molecule has 122 valence electrons. The number of methoxy groups -OCH3 is 1. The third-order valence-electron chi connectivity index (χ3n) is 3.79. The van der Waals surface area contributed by atoms with Crippen molar-refractivity contribution >= 4 is 5.97 Å². The van der Waals surface area contributed by atoms with Gasteiger partial charge in [-0.1, -0.05) is 43.3 Å². The first-order chi connectivity index (χ1) is 11.7. The standard InChI is InChI=1S/C20H19NO3/c1-3-15-12-18(19(21-15)14-8-5-4-6-9-14)20(22)24-17-11-7-10-16(13-17)23-2/h4-13,21H,3H2,1-2H3. The van der Waals surface area contributed by atoms with Gasteiger partial charge in [0.1, 0.15) is 11.5 Å². The fourth-order valence-corrected chi connectivity index (χ4v) is 2.52. The molecule has 0 atom stereocenters. The van der Waals surface area contributed by atoms with Crippen LogP contribution >= 0.6 is 0 Å². The van der Waals surface area contributed by atoms with E-state index in [1.54, 1.807) is 31.4 Å². The number of aromatic nitrogens is 1. The van der Waals surface area contributed by atoms with E-state index in [1.807, 2.05) is 43.3 Å². The van der Waals surface area contributed by atoms with Gasteiger partial charge in [0.15, 0.2) is 0 Å². The Hall–Kier alpha value is -3.01. The summed E-state index contributed by atoms with van der Waals surface area (Å²) in [5.41, 5.74) is 3.25. The number of carbonyl (C=O) groups excluding carboxylic acids is 1. The van der Waals surface area contributed by atoms with E-state index in [9.17, 15) is 4.79 Å². The van der Waals surface area contributed by atoms with Gasteiger partial charge < -0.3 is 14.5 Å². The molecule has 0 unspecified atom stereocenters. The Morgan fingerprint density at radius 1 is 1.00 bits per heavy atom. The predicted molar refractivity (Wildman–Crippen MR) is 93.6 cm³/mol. The zero-order valence-corrected chi connectivity index (χ0v) is 13.7. The summed E-state index contributed by atoms with van der Waals surface area (Å²) >= 11 is 0. The highest BCUT2D eigenvalue weighted by molar-refractivity contribution is 5.98. The van der Waals surface area contributed by atoms with Gasteiger partial charge in [-0.3, -0.25) is 0 Å². The number of esters is 1. The number of nitrogens with one attached hydrogen (secondary N) is 1. The average molecular weight is 321 g/mol. The second kappa shape index (κ2) is 7.04. The molecule has 3 aromatic rings. The van der Waals surface area contributed by atoms with Crippen molar-refractivity contribution in [2.75, 3.05) is 7.11 Å². The monoisotopic (exact) mass is 321 g/mol. The van der Waals surface area contributed by atoms with Crippen LogP contribution in [-0.4, -0.2) is 18.1 Å². The Balaban J connectivity index is 1.93. The Labute approximate surface area is 141 Å². The molecule has 1 N–H and O–H groups in total. The summed E-state index contributed by atoms with van der Waals surface area (Å²) in [6.07, 6.45) is 0.812. The van der Waals surface area contributed by atoms with Crippen molar-refractivity contribution in [3.8, 4) is 22.8 Å². The number of carbonyl (C=O) groups is 1. The van der Waals surface area contributed by atoms with Crippen LogP contribution < -0.4 is 9.47 Å². The van der Waals surface area contributed by atoms with E-state index in [0.29, 0.717) is 17.1 Å². The molecule has 0 aliphatic carbocycles. The molecule has 3 rings (SSSR count). The lowest BCUT2D eigenvalue weighted by molar-refractivity contribution is 0.0735. The first-order valence-corrected chi connectivity index (χ1v) is 7.84. The topological polar surface area (TPSA) is 51.3 Å². The van der Waals surface area contributed by atoms with Gasteiger partial charge in [0, 0.05) is 11.8 Å². The summed E-state index contributed by atoms with van der Waals surface area (Å²) in [6, 6.07) is 18.6. The van der Waals surface area contributed by atoms with Gasteiger partial charge >= 0.3 is 5.97 Å². The number of ether oxygens (including phenoxy) is 2. The van der Waals surface area contributed by atoms with Gasteiger partial charge in [0.25, 0.3) is 0 Å². The molecule has 24 heavy (non-hydrogen) atoms. The molecule has 4 nitrogen and oxygen atoms in total. The second-order valence-corrected chi connectivity index (χ2v) is 5.37. The van der Waals surface area contributed by atoms with E-state index in [4.69, 9.17) is 9.47 Å². The van der Waals surface area contributed by atoms with Gasteiger partial charge in [-0.05, 0) is 30.2 Å². The van der Waals surface area contributed by atoms with Crippen LogP contribution in [0, 0.1) is 0 Å². The zero-order valence-electron chi connectivity index (χ0n) is 13.7. The molecule has 4 heteroatoms. The van der Waals surface area contributed by atoms with E-state index in [0.717, 1.165) is 23.4 Å². The van der Waals surface area contributed by atoms with Gasteiger partial charge in [0.05, 0.1) is 18.4 Å². The van der Waals surface area contributed by atoms with E-state index in [-0.39, 0.29) is 0 Å². The van der Waals surface area contributed by atoms with Crippen LogP contribution in [0.1, 0.15) is 23.0 Å². The number of aryl methyl sites for hydroxylation is 1. The van der Waals surface area contributed by atoms with E-state index < -0.39 is 5.97 Å². The third kappa shape index (κ3) is 3.33. The lowest BCUT2D eigenvalue weighted by Gasteiger charge is -2.07. The first-order valence-electron chi connectivity index (χ1n) is 7.84.